The Hall–Kier alpha value is -2.02. The molecule has 3 rings (SSSR count). The SMILES string of the molecule is Cc1ccc(-c2ccc(-c3cc[n+](CCCS(=O)(=O)[O-])cc3)s2)cc1. The van der Waals surface area contributed by atoms with Gasteiger partial charge in [0.2, 0.25) is 0 Å². The Morgan fingerprint density at radius 2 is 1.48 bits per heavy atom. The third kappa shape index (κ3) is 4.98. The number of aromatic nitrogens is 1. The number of benzene rings is 1. The molecular weight excluding hydrogens is 354 g/mol. The van der Waals surface area contributed by atoms with Crippen molar-refractivity contribution in [1.82, 2.24) is 0 Å². The normalized spacial score (nSPS) is 11.6. The molecule has 25 heavy (non-hydrogen) atoms. The maximum atomic E-state index is 10.6. The molecule has 0 amide bonds. The molecule has 4 nitrogen and oxygen atoms in total. The summed E-state index contributed by atoms with van der Waals surface area (Å²) in [5.74, 6) is -0.327. The molecule has 2 aromatic heterocycles. The number of nitrogens with zero attached hydrogens (tertiary/aromatic N) is 1. The van der Waals surface area contributed by atoms with Gasteiger partial charge in [-0.1, -0.05) is 29.8 Å². The summed E-state index contributed by atoms with van der Waals surface area (Å²) in [6.07, 6.45) is 4.16. The lowest BCUT2D eigenvalue weighted by Crippen LogP contribution is -2.33. The van der Waals surface area contributed by atoms with Crippen molar-refractivity contribution in [3.63, 3.8) is 0 Å². The van der Waals surface area contributed by atoms with Gasteiger partial charge < -0.3 is 4.55 Å². The van der Waals surface area contributed by atoms with E-state index in [1.165, 1.54) is 20.9 Å². The Balaban J connectivity index is 1.69. The number of hydrogen-bond donors (Lipinski definition) is 0. The highest BCUT2D eigenvalue weighted by Gasteiger charge is 2.08. The summed E-state index contributed by atoms with van der Waals surface area (Å²) in [5, 5.41) is 0. The van der Waals surface area contributed by atoms with Crippen LogP contribution in [0.2, 0.25) is 0 Å². The predicted molar refractivity (Wildman–Crippen MR) is 99.3 cm³/mol. The van der Waals surface area contributed by atoms with E-state index in [9.17, 15) is 13.0 Å². The summed E-state index contributed by atoms with van der Waals surface area (Å²) < 4.78 is 33.8. The van der Waals surface area contributed by atoms with Gasteiger partial charge in [-0.2, -0.15) is 0 Å². The molecule has 0 aliphatic carbocycles. The maximum Gasteiger partial charge on any atom is 0.169 e. The molecule has 0 spiro atoms. The molecule has 0 atom stereocenters. The average molecular weight is 373 g/mol. The van der Waals surface area contributed by atoms with Gasteiger partial charge in [-0.05, 0) is 24.6 Å². The lowest BCUT2D eigenvalue weighted by atomic mass is 10.1. The van der Waals surface area contributed by atoms with Crippen molar-refractivity contribution in [3.8, 4) is 20.9 Å². The second-order valence-corrected chi connectivity index (χ2v) is 8.58. The Bertz CT molecular complexity index is 943. The predicted octanol–water partition coefficient (Wildman–Crippen LogP) is 3.61. The topological polar surface area (TPSA) is 61.1 Å². The highest BCUT2D eigenvalue weighted by molar-refractivity contribution is 7.85. The van der Waals surface area contributed by atoms with E-state index < -0.39 is 10.1 Å². The lowest BCUT2D eigenvalue weighted by Gasteiger charge is -2.04. The largest absolute Gasteiger partial charge is 0.748 e. The van der Waals surface area contributed by atoms with E-state index >= 15 is 0 Å². The Kier molecular flexibility index (Phi) is 5.32. The molecule has 1 aromatic carbocycles. The number of pyridine rings is 1. The molecule has 0 fully saturated rings. The number of thiophene rings is 1. The summed E-state index contributed by atoms with van der Waals surface area (Å²) in [7, 11) is -4.13. The molecule has 0 bridgehead atoms. The van der Waals surface area contributed by atoms with Crippen molar-refractivity contribution in [2.75, 3.05) is 5.75 Å². The van der Waals surface area contributed by atoms with Crippen LogP contribution in [0.3, 0.4) is 0 Å². The van der Waals surface area contributed by atoms with Crippen molar-refractivity contribution in [1.29, 1.82) is 0 Å². The zero-order chi connectivity index (χ0) is 17.9. The fraction of sp³-hybridized carbons (Fsp3) is 0.211. The van der Waals surface area contributed by atoms with Gasteiger partial charge in [-0.3, -0.25) is 0 Å². The molecule has 0 aliphatic heterocycles. The van der Waals surface area contributed by atoms with Gasteiger partial charge in [-0.25, -0.2) is 13.0 Å². The van der Waals surface area contributed by atoms with Gasteiger partial charge in [0.1, 0.15) is 6.54 Å². The summed E-state index contributed by atoms with van der Waals surface area (Å²) in [6.45, 7) is 2.59. The Labute approximate surface area is 152 Å². The standard InChI is InChI=1S/C19H19NO3S2/c1-15-3-5-16(6-4-15)18-7-8-19(24-18)17-9-12-20(13-10-17)11-2-14-25(21,22)23/h3-10,12-13H,2,11,14H2,1H3. The van der Waals surface area contributed by atoms with Crippen LogP contribution in [0.15, 0.2) is 60.9 Å². The van der Waals surface area contributed by atoms with E-state index in [1.807, 2.05) is 29.1 Å². The van der Waals surface area contributed by atoms with E-state index in [0.29, 0.717) is 13.0 Å². The number of rotatable bonds is 6. The first-order valence-electron chi connectivity index (χ1n) is 8.01. The molecular formula is C19H19NO3S2. The molecule has 0 N–H and O–H groups in total. The third-order valence-electron chi connectivity index (χ3n) is 3.93. The molecule has 0 aliphatic rings. The average Bonchev–Trinajstić information content (AvgIpc) is 3.05. The van der Waals surface area contributed by atoms with E-state index in [2.05, 4.69) is 43.3 Å². The molecule has 0 radical (unpaired) electrons. The molecule has 0 saturated carbocycles. The molecule has 2 heterocycles. The highest BCUT2D eigenvalue weighted by Crippen LogP contribution is 2.34. The van der Waals surface area contributed by atoms with Crippen LogP contribution in [-0.4, -0.2) is 18.7 Å². The summed E-state index contributed by atoms with van der Waals surface area (Å²) in [4.78, 5) is 2.41. The minimum absolute atomic E-state index is 0.326. The quantitative estimate of drug-likeness (QED) is 0.490. The monoisotopic (exact) mass is 373 g/mol. The molecule has 130 valence electrons. The summed E-state index contributed by atoms with van der Waals surface area (Å²) in [6, 6.07) is 16.8. The lowest BCUT2D eigenvalue weighted by molar-refractivity contribution is -0.696. The van der Waals surface area contributed by atoms with Crippen LogP contribution in [0, 0.1) is 6.92 Å². The zero-order valence-corrected chi connectivity index (χ0v) is 15.5. The molecule has 0 unspecified atom stereocenters. The van der Waals surface area contributed by atoms with Crippen LogP contribution in [0.5, 0.6) is 0 Å². The van der Waals surface area contributed by atoms with Gasteiger partial charge >= 0.3 is 0 Å². The van der Waals surface area contributed by atoms with E-state index in [4.69, 9.17) is 0 Å². The van der Waals surface area contributed by atoms with Crippen LogP contribution < -0.4 is 4.57 Å². The van der Waals surface area contributed by atoms with Crippen molar-refractivity contribution < 1.29 is 17.5 Å². The van der Waals surface area contributed by atoms with Gasteiger partial charge in [0.15, 0.2) is 12.4 Å². The van der Waals surface area contributed by atoms with E-state index in [1.54, 1.807) is 11.3 Å². The van der Waals surface area contributed by atoms with Gasteiger partial charge in [0.05, 0.1) is 10.1 Å². The van der Waals surface area contributed by atoms with Crippen LogP contribution in [-0.2, 0) is 16.7 Å². The molecule has 6 heteroatoms. The second kappa shape index (κ2) is 7.47. The first kappa shape index (κ1) is 17.8. The first-order valence-corrected chi connectivity index (χ1v) is 10.4. The van der Waals surface area contributed by atoms with Gasteiger partial charge in [-0.15, -0.1) is 11.3 Å². The minimum atomic E-state index is -4.13. The second-order valence-electron chi connectivity index (χ2n) is 5.97. The minimum Gasteiger partial charge on any atom is -0.748 e. The van der Waals surface area contributed by atoms with Crippen LogP contribution in [0.1, 0.15) is 12.0 Å². The Morgan fingerprint density at radius 3 is 2.04 bits per heavy atom. The number of aryl methyl sites for hydroxylation is 2. The third-order valence-corrected chi connectivity index (χ3v) is 5.90. The van der Waals surface area contributed by atoms with E-state index in [0.717, 1.165) is 5.56 Å². The van der Waals surface area contributed by atoms with Crippen LogP contribution in [0.25, 0.3) is 20.9 Å². The van der Waals surface area contributed by atoms with Gasteiger partial charge in [0, 0.05) is 39.6 Å². The Morgan fingerprint density at radius 1 is 0.920 bits per heavy atom. The maximum absolute atomic E-state index is 10.6. The molecule has 3 aromatic rings. The fourth-order valence-corrected chi connectivity index (χ4v) is 4.06. The fourth-order valence-electron chi connectivity index (χ4n) is 2.56. The highest BCUT2D eigenvalue weighted by atomic mass is 32.2. The smallest absolute Gasteiger partial charge is 0.169 e. The van der Waals surface area contributed by atoms with Crippen molar-refractivity contribution in [2.45, 2.75) is 19.9 Å². The van der Waals surface area contributed by atoms with E-state index in [-0.39, 0.29) is 5.75 Å². The van der Waals surface area contributed by atoms with Crippen molar-refractivity contribution in [2.24, 2.45) is 0 Å². The van der Waals surface area contributed by atoms with Crippen molar-refractivity contribution in [3.05, 3.63) is 66.5 Å². The van der Waals surface area contributed by atoms with Gasteiger partial charge in [0.25, 0.3) is 0 Å². The summed E-state index contributed by atoms with van der Waals surface area (Å²) in [5.41, 5.74) is 3.58. The van der Waals surface area contributed by atoms with Crippen molar-refractivity contribution >= 4 is 21.5 Å². The summed E-state index contributed by atoms with van der Waals surface area (Å²) >= 11 is 1.74. The zero-order valence-electron chi connectivity index (χ0n) is 13.9. The van der Waals surface area contributed by atoms with Crippen LogP contribution >= 0.6 is 11.3 Å². The number of hydrogen-bond acceptors (Lipinski definition) is 4. The molecule has 0 saturated heterocycles. The first-order chi connectivity index (χ1) is 11.9. The van der Waals surface area contributed by atoms with Crippen LogP contribution in [0.4, 0.5) is 0 Å².